The van der Waals surface area contributed by atoms with Gasteiger partial charge in [0.25, 0.3) is 5.91 Å². The molecule has 1 aliphatic rings. The molecule has 0 radical (unpaired) electrons. The Labute approximate surface area is 171 Å². The number of unbranched alkanes of at least 4 members (excludes halogenated alkanes) is 1. The highest BCUT2D eigenvalue weighted by atomic mass is 35.5. The first-order valence-electron chi connectivity index (χ1n) is 9.85. The zero-order chi connectivity index (χ0) is 20.1. The van der Waals surface area contributed by atoms with Crippen LogP contribution in [0.5, 0.6) is 0 Å². The number of carbonyl (C=O) groups is 2. The van der Waals surface area contributed by atoms with E-state index in [9.17, 15) is 9.59 Å². The summed E-state index contributed by atoms with van der Waals surface area (Å²) in [4.78, 5) is 28.9. The molecule has 0 saturated carbocycles. The summed E-state index contributed by atoms with van der Waals surface area (Å²) in [6, 6.07) is 9.05. The number of rotatable bonds is 6. The number of carbonyl (C=O) groups excluding carboxylic acids is 2. The van der Waals surface area contributed by atoms with Crippen molar-refractivity contribution < 1.29 is 9.59 Å². The monoisotopic (exact) mass is 402 g/mol. The molecule has 28 heavy (non-hydrogen) atoms. The standard InChI is InChI=1S/C21H27ClN4O2/c1-3-4-11-24(2)20(27)16-8-12-25(13-9-16)21(28)19-10-14-26(23-19)18-7-5-6-17(22)15-18/h5-7,10,14-16H,3-4,8-9,11-13H2,1-2H3. The largest absolute Gasteiger partial charge is 0.346 e. The van der Waals surface area contributed by atoms with Gasteiger partial charge in [0.15, 0.2) is 5.69 Å². The fourth-order valence-electron chi connectivity index (χ4n) is 3.51. The fourth-order valence-corrected chi connectivity index (χ4v) is 3.69. The molecule has 0 spiro atoms. The van der Waals surface area contributed by atoms with Gasteiger partial charge in [0.2, 0.25) is 5.91 Å². The van der Waals surface area contributed by atoms with Gasteiger partial charge in [0.05, 0.1) is 5.69 Å². The molecule has 150 valence electrons. The van der Waals surface area contributed by atoms with Crippen molar-refractivity contribution in [3.05, 3.63) is 47.2 Å². The van der Waals surface area contributed by atoms with Crippen molar-refractivity contribution in [2.45, 2.75) is 32.6 Å². The molecule has 0 aliphatic carbocycles. The van der Waals surface area contributed by atoms with Crippen LogP contribution in [0.15, 0.2) is 36.5 Å². The molecule has 6 nitrogen and oxygen atoms in total. The summed E-state index contributed by atoms with van der Waals surface area (Å²) in [6.45, 7) is 4.09. The van der Waals surface area contributed by atoms with E-state index in [0.717, 1.165) is 25.1 Å². The van der Waals surface area contributed by atoms with E-state index in [2.05, 4.69) is 12.0 Å². The molecule has 0 N–H and O–H groups in total. The first-order chi connectivity index (χ1) is 13.5. The zero-order valence-electron chi connectivity index (χ0n) is 16.5. The highest BCUT2D eigenvalue weighted by Gasteiger charge is 2.30. The summed E-state index contributed by atoms with van der Waals surface area (Å²) in [6.07, 6.45) is 5.27. The lowest BCUT2D eigenvalue weighted by atomic mass is 9.95. The van der Waals surface area contributed by atoms with E-state index in [1.807, 2.05) is 24.1 Å². The third-order valence-corrected chi connectivity index (χ3v) is 5.47. The molecular weight excluding hydrogens is 376 g/mol. The number of piperidine rings is 1. The van der Waals surface area contributed by atoms with Crippen molar-refractivity contribution in [3.63, 3.8) is 0 Å². The maximum absolute atomic E-state index is 12.8. The SMILES string of the molecule is CCCCN(C)C(=O)C1CCN(C(=O)c2ccn(-c3cccc(Cl)c3)n2)CC1. The zero-order valence-corrected chi connectivity index (χ0v) is 17.2. The van der Waals surface area contributed by atoms with Crippen molar-refractivity contribution in [2.24, 2.45) is 5.92 Å². The Morgan fingerprint density at radius 3 is 2.68 bits per heavy atom. The molecule has 1 aromatic carbocycles. The van der Waals surface area contributed by atoms with Gasteiger partial charge in [0.1, 0.15) is 0 Å². The molecule has 1 aromatic heterocycles. The van der Waals surface area contributed by atoms with E-state index in [4.69, 9.17) is 11.6 Å². The minimum absolute atomic E-state index is 0.00919. The van der Waals surface area contributed by atoms with Crippen molar-refractivity contribution in [3.8, 4) is 5.69 Å². The van der Waals surface area contributed by atoms with Gasteiger partial charge in [0, 0.05) is 43.8 Å². The molecule has 2 amide bonds. The molecule has 0 atom stereocenters. The molecule has 2 heterocycles. The van der Waals surface area contributed by atoms with Crippen molar-refractivity contribution in [2.75, 3.05) is 26.7 Å². The second kappa shape index (κ2) is 9.24. The fraction of sp³-hybridized carbons (Fsp3) is 0.476. The molecule has 1 fully saturated rings. The van der Waals surface area contributed by atoms with Gasteiger partial charge in [-0.2, -0.15) is 5.10 Å². The molecular formula is C21H27ClN4O2. The minimum atomic E-state index is -0.0917. The molecule has 1 aliphatic heterocycles. The van der Waals surface area contributed by atoms with Gasteiger partial charge in [-0.05, 0) is 43.5 Å². The highest BCUT2D eigenvalue weighted by Crippen LogP contribution is 2.21. The summed E-state index contributed by atoms with van der Waals surface area (Å²) >= 11 is 6.03. The third-order valence-electron chi connectivity index (χ3n) is 5.24. The van der Waals surface area contributed by atoms with Crippen LogP contribution >= 0.6 is 11.6 Å². The Balaban J connectivity index is 1.58. The molecule has 3 rings (SSSR count). The third kappa shape index (κ3) is 4.73. The Morgan fingerprint density at radius 1 is 1.25 bits per heavy atom. The maximum atomic E-state index is 12.8. The van der Waals surface area contributed by atoms with Crippen LogP contribution in [0.25, 0.3) is 5.69 Å². The Hall–Kier alpha value is -2.34. The number of halogens is 1. The number of benzene rings is 1. The normalized spacial score (nSPS) is 14.9. The summed E-state index contributed by atoms with van der Waals surface area (Å²) in [5.74, 6) is 0.117. The van der Waals surface area contributed by atoms with Crippen LogP contribution in [0.4, 0.5) is 0 Å². The second-order valence-corrected chi connectivity index (χ2v) is 7.74. The first kappa shape index (κ1) is 20.4. The number of hydrogen-bond donors (Lipinski definition) is 0. The van der Waals surface area contributed by atoms with Crippen LogP contribution in [0.1, 0.15) is 43.1 Å². The van der Waals surface area contributed by atoms with Crippen LogP contribution in [0, 0.1) is 5.92 Å². The van der Waals surface area contributed by atoms with Crippen molar-refractivity contribution in [1.82, 2.24) is 19.6 Å². The van der Waals surface area contributed by atoms with Crippen LogP contribution < -0.4 is 0 Å². The van der Waals surface area contributed by atoms with E-state index < -0.39 is 0 Å². The van der Waals surface area contributed by atoms with Gasteiger partial charge in [-0.1, -0.05) is 31.0 Å². The van der Waals surface area contributed by atoms with Crippen LogP contribution in [-0.4, -0.2) is 58.1 Å². The lowest BCUT2D eigenvalue weighted by Gasteiger charge is -2.32. The number of aromatic nitrogens is 2. The first-order valence-corrected chi connectivity index (χ1v) is 10.2. The molecule has 7 heteroatoms. The molecule has 0 bridgehead atoms. The predicted molar refractivity (Wildman–Crippen MR) is 110 cm³/mol. The molecule has 2 aromatic rings. The van der Waals surface area contributed by atoms with Crippen LogP contribution in [0.3, 0.4) is 0 Å². The summed E-state index contributed by atoms with van der Waals surface area (Å²) in [7, 11) is 1.87. The summed E-state index contributed by atoms with van der Waals surface area (Å²) in [5, 5.41) is 5.03. The molecule has 0 unspecified atom stereocenters. The lowest BCUT2D eigenvalue weighted by Crippen LogP contribution is -2.43. The van der Waals surface area contributed by atoms with E-state index in [1.54, 1.807) is 34.0 Å². The summed E-state index contributed by atoms with van der Waals surface area (Å²) < 4.78 is 1.65. The van der Waals surface area contributed by atoms with E-state index in [0.29, 0.717) is 36.6 Å². The predicted octanol–water partition coefficient (Wildman–Crippen LogP) is 3.64. The van der Waals surface area contributed by atoms with E-state index in [-0.39, 0.29) is 17.7 Å². The minimum Gasteiger partial charge on any atom is -0.346 e. The highest BCUT2D eigenvalue weighted by molar-refractivity contribution is 6.30. The number of amides is 2. The molecule has 1 saturated heterocycles. The van der Waals surface area contributed by atoms with E-state index in [1.165, 1.54) is 0 Å². The van der Waals surface area contributed by atoms with Crippen molar-refractivity contribution >= 4 is 23.4 Å². The maximum Gasteiger partial charge on any atom is 0.274 e. The smallest absolute Gasteiger partial charge is 0.274 e. The van der Waals surface area contributed by atoms with Crippen LogP contribution in [0.2, 0.25) is 5.02 Å². The topological polar surface area (TPSA) is 58.4 Å². The van der Waals surface area contributed by atoms with Crippen LogP contribution in [-0.2, 0) is 4.79 Å². The Kier molecular flexibility index (Phi) is 6.73. The lowest BCUT2D eigenvalue weighted by molar-refractivity contribution is -0.135. The number of hydrogen-bond acceptors (Lipinski definition) is 3. The van der Waals surface area contributed by atoms with E-state index >= 15 is 0 Å². The Bertz CT molecular complexity index is 827. The quantitative estimate of drug-likeness (QED) is 0.741. The van der Waals surface area contributed by atoms with Crippen molar-refractivity contribution in [1.29, 1.82) is 0 Å². The Morgan fingerprint density at radius 2 is 2.00 bits per heavy atom. The van der Waals surface area contributed by atoms with Gasteiger partial charge in [-0.15, -0.1) is 0 Å². The number of likely N-dealkylation sites (tertiary alicyclic amines) is 1. The number of nitrogens with zero attached hydrogens (tertiary/aromatic N) is 4. The average Bonchev–Trinajstić information content (AvgIpc) is 3.21. The van der Waals surface area contributed by atoms with Gasteiger partial charge in [-0.3, -0.25) is 9.59 Å². The summed E-state index contributed by atoms with van der Waals surface area (Å²) in [5.41, 5.74) is 1.22. The van der Waals surface area contributed by atoms with Gasteiger partial charge >= 0.3 is 0 Å². The second-order valence-electron chi connectivity index (χ2n) is 7.31. The van der Waals surface area contributed by atoms with Gasteiger partial charge < -0.3 is 9.80 Å². The van der Waals surface area contributed by atoms with Gasteiger partial charge in [-0.25, -0.2) is 4.68 Å². The average molecular weight is 403 g/mol.